The number of nitrogens with one attached hydrogen (secondary N) is 2. The molecule has 0 aliphatic carbocycles. The molecule has 0 unspecified atom stereocenters. The highest BCUT2D eigenvalue weighted by Crippen LogP contribution is 2.20. The number of urea groups is 1. The van der Waals surface area contributed by atoms with Crippen molar-refractivity contribution in [3.63, 3.8) is 0 Å². The Hall–Kier alpha value is -2.80. The molecular formula is C19H22ClN5O2. The molecule has 2 heterocycles. The van der Waals surface area contributed by atoms with Crippen molar-refractivity contribution in [2.24, 2.45) is 0 Å². The highest BCUT2D eigenvalue weighted by Gasteiger charge is 2.21. The van der Waals surface area contributed by atoms with Crippen molar-refractivity contribution in [2.75, 3.05) is 37.6 Å². The third-order valence-electron chi connectivity index (χ3n) is 4.35. The van der Waals surface area contributed by atoms with Crippen LogP contribution in [0.25, 0.3) is 0 Å². The fourth-order valence-corrected chi connectivity index (χ4v) is 3.06. The van der Waals surface area contributed by atoms with Crippen LogP contribution in [-0.4, -0.2) is 54.5 Å². The van der Waals surface area contributed by atoms with E-state index in [1.54, 1.807) is 17.3 Å². The normalized spacial score (nSPS) is 14.0. The maximum atomic E-state index is 12.3. The Bertz CT molecular complexity index is 779. The van der Waals surface area contributed by atoms with E-state index in [-0.39, 0.29) is 18.5 Å². The van der Waals surface area contributed by atoms with E-state index >= 15 is 0 Å². The van der Waals surface area contributed by atoms with Gasteiger partial charge in [-0.3, -0.25) is 9.78 Å². The van der Waals surface area contributed by atoms with E-state index in [9.17, 15) is 9.59 Å². The van der Waals surface area contributed by atoms with Crippen LogP contribution in [0.3, 0.4) is 0 Å². The maximum absolute atomic E-state index is 12.3. The summed E-state index contributed by atoms with van der Waals surface area (Å²) < 4.78 is 0. The Balaban J connectivity index is 1.38. The number of anilines is 1. The summed E-state index contributed by atoms with van der Waals surface area (Å²) in [4.78, 5) is 32.0. The van der Waals surface area contributed by atoms with Crippen LogP contribution in [0.1, 0.15) is 5.56 Å². The first kappa shape index (κ1) is 19.0. The number of aromatic nitrogens is 1. The Morgan fingerprint density at radius 3 is 2.59 bits per heavy atom. The molecule has 8 heteroatoms. The third kappa shape index (κ3) is 5.59. The van der Waals surface area contributed by atoms with Gasteiger partial charge in [0.2, 0.25) is 5.91 Å². The number of hydrogen-bond acceptors (Lipinski definition) is 4. The molecule has 142 valence electrons. The quantitative estimate of drug-likeness (QED) is 0.821. The molecule has 1 fully saturated rings. The Morgan fingerprint density at radius 1 is 1.07 bits per heavy atom. The zero-order valence-corrected chi connectivity index (χ0v) is 15.7. The molecule has 0 spiro atoms. The van der Waals surface area contributed by atoms with Crippen LogP contribution in [0.5, 0.6) is 0 Å². The molecule has 7 nitrogen and oxygen atoms in total. The predicted molar refractivity (Wildman–Crippen MR) is 105 cm³/mol. The zero-order chi connectivity index (χ0) is 19.1. The van der Waals surface area contributed by atoms with Crippen LogP contribution in [0.2, 0.25) is 5.02 Å². The van der Waals surface area contributed by atoms with Crippen LogP contribution >= 0.6 is 11.6 Å². The molecule has 0 saturated carbocycles. The monoisotopic (exact) mass is 387 g/mol. The average Bonchev–Trinajstić information content (AvgIpc) is 2.71. The Labute approximate surface area is 163 Å². The molecule has 1 aliphatic rings. The van der Waals surface area contributed by atoms with Crippen LogP contribution in [0.4, 0.5) is 10.5 Å². The highest BCUT2D eigenvalue weighted by molar-refractivity contribution is 6.30. The first-order valence-corrected chi connectivity index (χ1v) is 9.18. The molecule has 0 atom stereocenters. The number of amides is 3. The van der Waals surface area contributed by atoms with Crippen LogP contribution in [0, 0.1) is 0 Å². The van der Waals surface area contributed by atoms with E-state index in [1.807, 2.05) is 36.4 Å². The van der Waals surface area contributed by atoms with Gasteiger partial charge in [0, 0.05) is 55.8 Å². The van der Waals surface area contributed by atoms with Gasteiger partial charge in [0.05, 0.1) is 6.54 Å². The SMILES string of the molecule is O=C(CNC(=O)N1CCN(c2cccc(Cl)c2)CC1)NCc1cccnc1. The van der Waals surface area contributed by atoms with Gasteiger partial charge >= 0.3 is 6.03 Å². The summed E-state index contributed by atoms with van der Waals surface area (Å²) in [5.41, 5.74) is 1.96. The van der Waals surface area contributed by atoms with Crippen LogP contribution < -0.4 is 15.5 Å². The summed E-state index contributed by atoms with van der Waals surface area (Å²) >= 11 is 6.04. The minimum Gasteiger partial charge on any atom is -0.368 e. The summed E-state index contributed by atoms with van der Waals surface area (Å²) in [6.45, 7) is 2.97. The topological polar surface area (TPSA) is 77.6 Å². The number of benzene rings is 1. The summed E-state index contributed by atoms with van der Waals surface area (Å²) in [6, 6.07) is 11.2. The van der Waals surface area contributed by atoms with E-state index in [0.29, 0.717) is 24.7 Å². The van der Waals surface area contributed by atoms with E-state index in [0.717, 1.165) is 24.3 Å². The van der Waals surface area contributed by atoms with Crippen molar-refractivity contribution in [3.05, 3.63) is 59.4 Å². The summed E-state index contributed by atoms with van der Waals surface area (Å²) in [5.74, 6) is -0.232. The van der Waals surface area contributed by atoms with E-state index < -0.39 is 0 Å². The van der Waals surface area contributed by atoms with Gasteiger partial charge in [-0.2, -0.15) is 0 Å². The largest absolute Gasteiger partial charge is 0.368 e. The van der Waals surface area contributed by atoms with Gasteiger partial charge in [-0.05, 0) is 29.8 Å². The zero-order valence-electron chi connectivity index (χ0n) is 14.9. The lowest BCUT2D eigenvalue weighted by atomic mass is 10.2. The molecule has 1 aliphatic heterocycles. The average molecular weight is 388 g/mol. The molecule has 3 amide bonds. The van der Waals surface area contributed by atoms with Gasteiger partial charge < -0.3 is 20.4 Å². The molecule has 1 saturated heterocycles. The van der Waals surface area contributed by atoms with Crippen molar-refractivity contribution in [3.8, 4) is 0 Å². The minimum atomic E-state index is -0.232. The number of rotatable bonds is 5. The smallest absolute Gasteiger partial charge is 0.317 e. The molecule has 2 N–H and O–H groups in total. The Kier molecular flexibility index (Phi) is 6.49. The second-order valence-corrected chi connectivity index (χ2v) is 6.69. The summed E-state index contributed by atoms with van der Waals surface area (Å²) in [6.07, 6.45) is 3.37. The van der Waals surface area contributed by atoms with Gasteiger partial charge in [-0.25, -0.2) is 4.79 Å². The lowest BCUT2D eigenvalue weighted by molar-refractivity contribution is -0.120. The van der Waals surface area contributed by atoms with E-state index in [4.69, 9.17) is 11.6 Å². The molecule has 27 heavy (non-hydrogen) atoms. The molecule has 1 aromatic heterocycles. The van der Waals surface area contributed by atoms with Crippen LogP contribution in [0.15, 0.2) is 48.8 Å². The van der Waals surface area contributed by atoms with Gasteiger partial charge in [0.15, 0.2) is 0 Å². The third-order valence-corrected chi connectivity index (χ3v) is 4.59. The predicted octanol–water partition coefficient (Wildman–Crippen LogP) is 1.88. The molecule has 0 bridgehead atoms. The van der Waals surface area contributed by atoms with E-state index in [1.165, 1.54) is 0 Å². The number of nitrogens with zero attached hydrogens (tertiary/aromatic N) is 3. The minimum absolute atomic E-state index is 0.0480. The van der Waals surface area contributed by atoms with Crippen molar-refractivity contribution >= 4 is 29.2 Å². The van der Waals surface area contributed by atoms with Crippen molar-refractivity contribution < 1.29 is 9.59 Å². The van der Waals surface area contributed by atoms with Crippen molar-refractivity contribution in [1.82, 2.24) is 20.5 Å². The number of pyridine rings is 1. The second kappa shape index (κ2) is 9.23. The standard InChI is InChI=1S/C19H22ClN5O2/c20-16-4-1-5-17(11-16)24-7-9-25(10-8-24)19(27)23-14-18(26)22-13-15-3-2-6-21-12-15/h1-6,11-12H,7-10,13-14H2,(H,22,26)(H,23,27). The number of carbonyl (C=O) groups is 2. The van der Waals surface area contributed by atoms with Gasteiger partial charge in [-0.1, -0.05) is 23.7 Å². The van der Waals surface area contributed by atoms with Crippen molar-refractivity contribution in [2.45, 2.75) is 6.54 Å². The summed E-state index contributed by atoms with van der Waals surface area (Å²) in [7, 11) is 0. The molecule has 1 aromatic carbocycles. The fourth-order valence-electron chi connectivity index (χ4n) is 2.87. The number of piperazine rings is 1. The Morgan fingerprint density at radius 2 is 1.89 bits per heavy atom. The molecule has 3 rings (SSSR count). The first-order valence-electron chi connectivity index (χ1n) is 8.81. The van der Waals surface area contributed by atoms with E-state index in [2.05, 4.69) is 20.5 Å². The van der Waals surface area contributed by atoms with Crippen LogP contribution in [-0.2, 0) is 11.3 Å². The number of halogens is 1. The first-order chi connectivity index (χ1) is 13.1. The lowest BCUT2D eigenvalue weighted by Crippen LogP contribution is -2.53. The van der Waals surface area contributed by atoms with Gasteiger partial charge in [-0.15, -0.1) is 0 Å². The van der Waals surface area contributed by atoms with Crippen molar-refractivity contribution in [1.29, 1.82) is 0 Å². The summed E-state index contributed by atoms with van der Waals surface area (Å²) in [5, 5.41) is 6.13. The second-order valence-electron chi connectivity index (χ2n) is 6.25. The highest BCUT2D eigenvalue weighted by atomic mass is 35.5. The maximum Gasteiger partial charge on any atom is 0.317 e. The molecule has 0 radical (unpaired) electrons. The molecular weight excluding hydrogens is 366 g/mol. The van der Waals surface area contributed by atoms with Gasteiger partial charge in [0.1, 0.15) is 0 Å². The molecule has 2 aromatic rings. The fraction of sp³-hybridized carbons (Fsp3) is 0.316. The number of hydrogen-bond donors (Lipinski definition) is 2. The van der Waals surface area contributed by atoms with Gasteiger partial charge in [0.25, 0.3) is 0 Å². The number of carbonyl (C=O) groups excluding carboxylic acids is 2. The lowest BCUT2D eigenvalue weighted by Gasteiger charge is -2.36.